The van der Waals surface area contributed by atoms with Crippen molar-refractivity contribution in [2.45, 2.75) is 6.36 Å². The summed E-state index contributed by atoms with van der Waals surface area (Å²) >= 11 is 0.938. The van der Waals surface area contributed by atoms with E-state index < -0.39 is 23.9 Å². The fourth-order valence-electron chi connectivity index (χ4n) is 3.88. The van der Waals surface area contributed by atoms with Gasteiger partial charge in [-0.1, -0.05) is 42.1 Å². The molecule has 2 amide bonds. The Kier molecular flexibility index (Phi) is 9.07. The Morgan fingerprint density at radius 3 is 2.27 bits per heavy atom. The van der Waals surface area contributed by atoms with Gasteiger partial charge < -0.3 is 24.3 Å². The number of hydrogen-bond donors (Lipinski definition) is 1. The summed E-state index contributed by atoms with van der Waals surface area (Å²) in [6.07, 6.45) is -3.40. The average molecular weight is 588 g/mol. The molecule has 1 N–H and O–H groups in total. The lowest BCUT2D eigenvalue weighted by molar-refractivity contribution is -0.274. The van der Waals surface area contributed by atoms with Gasteiger partial charge in [-0.3, -0.25) is 14.5 Å². The van der Waals surface area contributed by atoms with E-state index in [1.165, 1.54) is 50.5 Å². The maximum atomic E-state index is 13.5. The van der Waals surface area contributed by atoms with Gasteiger partial charge in [0.05, 0.1) is 38.5 Å². The molecule has 0 atom stereocenters. The van der Waals surface area contributed by atoms with E-state index >= 15 is 0 Å². The van der Waals surface area contributed by atoms with Gasteiger partial charge >= 0.3 is 6.36 Å². The van der Waals surface area contributed by atoms with Crippen molar-refractivity contribution in [2.24, 2.45) is 4.99 Å². The van der Waals surface area contributed by atoms with Crippen molar-refractivity contribution in [3.05, 3.63) is 78.0 Å². The number of aliphatic imine (C=N–C) groups is 1. The molecule has 4 rings (SSSR count). The first kappa shape index (κ1) is 29.3. The minimum atomic E-state index is -4.93. The number of nitrogens with one attached hydrogen (secondary N) is 1. The van der Waals surface area contributed by atoms with Crippen LogP contribution in [0.25, 0.3) is 6.08 Å². The third-order valence-corrected chi connectivity index (χ3v) is 6.53. The molecular weight excluding hydrogens is 563 g/mol. The van der Waals surface area contributed by atoms with Gasteiger partial charge in [0.2, 0.25) is 11.7 Å². The van der Waals surface area contributed by atoms with E-state index in [1.807, 2.05) is 0 Å². The van der Waals surface area contributed by atoms with Crippen LogP contribution in [-0.4, -0.2) is 50.4 Å². The number of nitrogens with zero attached hydrogens (tertiary/aromatic N) is 2. The van der Waals surface area contributed by atoms with Crippen LogP contribution in [0.2, 0.25) is 0 Å². The predicted molar refractivity (Wildman–Crippen MR) is 150 cm³/mol. The number of amidine groups is 1. The van der Waals surface area contributed by atoms with Gasteiger partial charge in [0.25, 0.3) is 5.91 Å². The molecule has 0 saturated heterocycles. The Morgan fingerprint density at radius 2 is 1.61 bits per heavy atom. The number of benzene rings is 3. The van der Waals surface area contributed by atoms with Crippen LogP contribution in [0.5, 0.6) is 23.0 Å². The van der Waals surface area contributed by atoms with E-state index in [9.17, 15) is 22.8 Å². The number of para-hydroxylation sites is 3. The number of hydrogen-bond acceptors (Lipinski definition) is 8. The Labute approximate surface area is 237 Å². The molecule has 0 aromatic heterocycles. The summed E-state index contributed by atoms with van der Waals surface area (Å²) in [6.45, 7) is 0. The molecule has 1 aliphatic heterocycles. The van der Waals surface area contributed by atoms with Crippen LogP contribution < -0.4 is 29.2 Å². The zero-order chi connectivity index (χ0) is 29.6. The smallest absolute Gasteiger partial charge is 0.493 e. The number of methoxy groups -OCH3 is 3. The highest BCUT2D eigenvalue weighted by molar-refractivity contribution is 8.14. The Balaban J connectivity index is 1.61. The highest BCUT2D eigenvalue weighted by Gasteiger charge is 2.34. The number of alkyl halides is 3. The summed E-state index contributed by atoms with van der Waals surface area (Å²) in [4.78, 5) is 32.1. The fourth-order valence-corrected chi connectivity index (χ4v) is 4.70. The maximum absolute atomic E-state index is 13.5. The van der Waals surface area contributed by atoms with Gasteiger partial charge in [0, 0.05) is 5.56 Å². The normalized spacial score (nSPS) is 14.1. The fraction of sp³-hybridized carbons (Fsp3) is 0.179. The van der Waals surface area contributed by atoms with Crippen molar-refractivity contribution in [1.29, 1.82) is 0 Å². The summed E-state index contributed by atoms with van der Waals surface area (Å²) in [5.41, 5.74) is 0.915. The quantitative estimate of drug-likeness (QED) is 0.320. The molecule has 214 valence electrons. The van der Waals surface area contributed by atoms with Crippen LogP contribution in [0.3, 0.4) is 0 Å². The van der Waals surface area contributed by atoms with Crippen molar-refractivity contribution in [1.82, 2.24) is 0 Å². The number of carbonyl (C=O) groups excluding carboxylic acids is 2. The number of rotatable bonds is 9. The molecule has 3 aromatic carbocycles. The molecule has 0 unspecified atom stereocenters. The van der Waals surface area contributed by atoms with Crippen LogP contribution in [-0.2, 0) is 9.59 Å². The van der Waals surface area contributed by atoms with Gasteiger partial charge in [-0.05, 0) is 42.5 Å². The average Bonchev–Trinajstić information content (AvgIpc) is 3.26. The molecule has 0 bridgehead atoms. The molecule has 0 aliphatic carbocycles. The number of anilines is 2. The SMILES string of the molecule is COc1ccc(C=C2N=C(SCC(=O)Nc3ccccc3OC(F)(F)F)N(c3ccccc3)C2=O)c(OC)c1OC. The second kappa shape index (κ2) is 12.7. The predicted octanol–water partition coefficient (Wildman–Crippen LogP) is 5.73. The highest BCUT2D eigenvalue weighted by Crippen LogP contribution is 2.41. The van der Waals surface area contributed by atoms with E-state index in [0.717, 1.165) is 17.8 Å². The third kappa shape index (κ3) is 6.92. The molecule has 9 nitrogen and oxygen atoms in total. The minimum absolute atomic E-state index is 0.0613. The Morgan fingerprint density at radius 1 is 0.927 bits per heavy atom. The van der Waals surface area contributed by atoms with Gasteiger partial charge in [-0.2, -0.15) is 0 Å². The van der Waals surface area contributed by atoms with Crippen molar-refractivity contribution in [3.8, 4) is 23.0 Å². The molecule has 1 heterocycles. The molecule has 0 fully saturated rings. The van der Waals surface area contributed by atoms with E-state index in [2.05, 4.69) is 15.0 Å². The molecule has 0 radical (unpaired) electrons. The van der Waals surface area contributed by atoms with Gasteiger partial charge in [-0.15, -0.1) is 13.2 Å². The maximum Gasteiger partial charge on any atom is 0.573 e. The molecular formula is C28H24F3N3O6S. The summed E-state index contributed by atoms with van der Waals surface area (Å²) in [6, 6.07) is 17.2. The summed E-state index contributed by atoms with van der Waals surface area (Å²) in [7, 11) is 4.40. The molecule has 1 aliphatic rings. The number of ether oxygens (including phenoxy) is 4. The summed E-state index contributed by atoms with van der Waals surface area (Å²) < 4.78 is 58.5. The first-order valence-electron chi connectivity index (χ1n) is 11.9. The second-order valence-corrected chi connectivity index (χ2v) is 9.15. The van der Waals surface area contributed by atoms with Crippen LogP contribution in [0.15, 0.2) is 77.4 Å². The van der Waals surface area contributed by atoms with Crippen molar-refractivity contribution < 1.29 is 41.7 Å². The summed E-state index contributed by atoms with van der Waals surface area (Å²) in [5.74, 6) is -0.804. The molecule has 13 heteroatoms. The first-order valence-corrected chi connectivity index (χ1v) is 12.9. The topological polar surface area (TPSA) is 98.7 Å². The first-order chi connectivity index (χ1) is 19.6. The van der Waals surface area contributed by atoms with E-state index in [1.54, 1.807) is 42.5 Å². The lowest BCUT2D eigenvalue weighted by Gasteiger charge is -2.18. The van der Waals surface area contributed by atoms with Gasteiger partial charge in [-0.25, -0.2) is 4.99 Å². The number of amides is 2. The molecule has 0 saturated carbocycles. The van der Waals surface area contributed by atoms with Crippen LogP contribution in [0, 0.1) is 0 Å². The largest absolute Gasteiger partial charge is 0.573 e. The van der Waals surface area contributed by atoms with Crippen molar-refractivity contribution >= 4 is 46.2 Å². The van der Waals surface area contributed by atoms with E-state index in [-0.39, 0.29) is 22.3 Å². The zero-order valence-corrected chi connectivity index (χ0v) is 22.8. The van der Waals surface area contributed by atoms with Crippen molar-refractivity contribution in [2.75, 3.05) is 37.3 Å². The molecule has 0 spiro atoms. The lowest BCUT2D eigenvalue weighted by atomic mass is 10.1. The zero-order valence-electron chi connectivity index (χ0n) is 22.0. The Hall–Kier alpha value is -4.65. The van der Waals surface area contributed by atoms with E-state index in [4.69, 9.17) is 14.2 Å². The van der Waals surface area contributed by atoms with Gasteiger partial charge in [0.15, 0.2) is 22.4 Å². The number of halogens is 3. The second-order valence-electron chi connectivity index (χ2n) is 8.20. The van der Waals surface area contributed by atoms with Crippen molar-refractivity contribution in [3.63, 3.8) is 0 Å². The highest BCUT2D eigenvalue weighted by atomic mass is 32.2. The van der Waals surface area contributed by atoms with E-state index in [0.29, 0.717) is 28.5 Å². The van der Waals surface area contributed by atoms with Crippen LogP contribution >= 0.6 is 11.8 Å². The number of carbonyl (C=O) groups is 2. The Bertz CT molecular complexity index is 1500. The molecule has 3 aromatic rings. The lowest BCUT2D eigenvalue weighted by Crippen LogP contribution is -2.31. The van der Waals surface area contributed by atoms with Gasteiger partial charge in [0.1, 0.15) is 5.70 Å². The summed E-state index contributed by atoms with van der Waals surface area (Å²) in [5, 5.41) is 2.61. The van der Waals surface area contributed by atoms with Crippen LogP contribution in [0.4, 0.5) is 24.5 Å². The standard InChI is InChI=1S/C28H24F3N3O6S/c1-37-22-14-13-17(24(38-2)25(22)39-3)15-20-26(36)34(18-9-5-4-6-10-18)27(33-20)41-16-23(35)32-19-11-7-8-12-21(19)40-28(29,30)31/h4-15H,16H2,1-3H3,(H,32,35). The number of thioether (sulfide) groups is 1. The third-order valence-electron chi connectivity index (χ3n) is 5.59. The molecule has 41 heavy (non-hydrogen) atoms. The monoisotopic (exact) mass is 587 g/mol. The van der Waals surface area contributed by atoms with Crippen LogP contribution in [0.1, 0.15) is 5.56 Å². The minimum Gasteiger partial charge on any atom is -0.493 e.